The van der Waals surface area contributed by atoms with Gasteiger partial charge in [-0.05, 0) is 49.2 Å². The topological polar surface area (TPSA) is 74.8 Å². The van der Waals surface area contributed by atoms with Crippen LogP contribution < -0.4 is 15.0 Å². The fourth-order valence-electron chi connectivity index (χ4n) is 4.94. The van der Waals surface area contributed by atoms with Crippen molar-refractivity contribution in [3.63, 3.8) is 0 Å². The van der Waals surface area contributed by atoms with Crippen LogP contribution >= 0.6 is 0 Å². The number of benzene rings is 2. The molecular formula is C27H30N4O3. The number of amides is 2. The highest BCUT2D eigenvalue weighted by Gasteiger charge is 2.25. The summed E-state index contributed by atoms with van der Waals surface area (Å²) in [7, 11) is 1.61. The molecule has 2 aliphatic rings. The van der Waals surface area contributed by atoms with E-state index in [1.807, 2.05) is 53.4 Å². The lowest BCUT2D eigenvalue weighted by molar-refractivity contribution is -0.119. The highest BCUT2D eigenvalue weighted by Crippen LogP contribution is 2.28. The van der Waals surface area contributed by atoms with Crippen molar-refractivity contribution in [3.8, 4) is 5.75 Å². The van der Waals surface area contributed by atoms with Gasteiger partial charge in [0.05, 0.1) is 12.6 Å². The van der Waals surface area contributed by atoms with Crippen LogP contribution in [0.4, 0.5) is 11.4 Å². The average molecular weight is 459 g/mol. The second kappa shape index (κ2) is 9.71. The Bertz CT molecular complexity index is 1180. The molecule has 1 aliphatic carbocycles. The lowest BCUT2D eigenvalue weighted by Crippen LogP contribution is -2.49. The van der Waals surface area contributed by atoms with Gasteiger partial charge in [0.1, 0.15) is 11.4 Å². The smallest absolute Gasteiger partial charge is 0.272 e. The van der Waals surface area contributed by atoms with Crippen molar-refractivity contribution in [2.45, 2.75) is 25.7 Å². The third kappa shape index (κ3) is 4.55. The summed E-state index contributed by atoms with van der Waals surface area (Å²) in [5.41, 5.74) is 3.09. The number of piperazine rings is 1. The Morgan fingerprint density at radius 2 is 1.68 bits per heavy atom. The van der Waals surface area contributed by atoms with Crippen LogP contribution in [0.25, 0.3) is 10.9 Å². The van der Waals surface area contributed by atoms with Crippen molar-refractivity contribution in [3.05, 3.63) is 60.3 Å². The van der Waals surface area contributed by atoms with Crippen molar-refractivity contribution in [2.24, 2.45) is 5.92 Å². The highest BCUT2D eigenvalue weighted by atomic mass is 16.5. The number of rotatable bonds is 5. The van der Waals surface area contributed by atoms with Gasteiger partial charge in [-0.1, -0.05) is 25.0 Å². The fraction of sp³-hybridized carbons (Fsp3) is 0.370. The summed E-state index contributed by atoms with van der Waals surface area (Å²) in [6.45, 7) is 2.72. The number of hydrogen-bond donors (Lipinski definition) is 1. The quantitative estimate of drug-likeness (QED) is 0.616. The molecule has 0 radical (unpaired) electrons. The average Bonchev–Trinajstić information content (AvgIpc) is 3.43. The van der Waals surface area contributed by atoms with Gasteiger partial charge in [0, 0.05) is 54.9 Å². The summed E-state index contributed by atoms with van der Waals surface area (Å²) in [4.78, 5) is 34.2. The lowest BCUT2D eigenvalue weighted by Gasteiger charge is -2.36. The van der Waals surface area contributed by atoms with Crippen LogP contribution in [-0.2, 0) is 4.79 Å². The number of ether oxygens (including phenoxy) is 1. The molecule has 0 spiro atoms. The first kappa shape index (κ1) is 22.2. The summed E-state index contributed by atoms with van der Waals surface area (Å²) in [5, 5.41) is 3.95. The maximum Gasteiger partial charge on any atom is 0.272 e. The minimum absolute atomic E-state index is 0.0753. The van der Waals surface area contributed by atoms with E-state index in [1.165, 1.54) is 0 Å². The number of hydrogen-bond acceptors (Lipinski definition) is 5. The molecule has 3 aromatic rings. The fourth-order valence-corrected chi connectivity index (χ4v) is 4.94. The minimum Gasteiger partial charge on any atom is -0.496 e. The lowest BCUT2D eigenvalue weighted by atomic mass is 10.1. The largest absolute Gasteiger partial charge is 0.496 e. The van der Waals surface area contributed by atoms with E-state index in [2.05, 4.69) is 15.2 Å². The molecule has 0 atom stereocenters. The Kier molecular flexibility index (Phi) is 6.34. The molecule has 0 unspecified atom stereocenters. The molecule has 0 bridgehead atoms. The zero-order valence-electron chi connectivity index (χ0n) is 19.5. The van der Waals surface area contributed by atoms with Gasteiger partial charge >= 0.3 is 0 Å². The van der Waals surface area contributed by atoms with Crippen LogP contribution in [-0.4, -0.2) is 55.0 Å². The zero-order valence-corrected chi connectivity index (χ0v) is 19.5. The van der Waals surface area contributed by atoms with Crippen molar-refractivity contribution < 1.29 is 14.3 Å². The molecule has 2 aromatic carbocycles. The standard InChI is InChI=1S/C27H30N4O3/c1-34-25-18-24(29-23-9-5-4-8-22(23)25)27(33)31-16-14-30(15-17-31)21-12-10-20(11-13-21)28-26(32)19-6-2-3-7-19/h4-5,8-13,18-19H,2-3,6-7,14-17H2,1H3,(H,28,32). The number of carbonyl (C=O) groups is 2. The monoisotopic (exact) mass is 458 g/mol. The summed E-state index contributed by atoms with van der Waals surface area (Å²) in [5.74, 6) is 0.875. The molecule has 1 saturated heterocycles. The van der Waals surface area contributed by atoms with Crippen LogP contribution in [0.15, 0.2) is 54.6 Å². The van der Waals surface area contributed by atoms with Crippen molar-refractivity contribution in [1.82, 2.24) is 9.88 Å². The number of anilines is 2. The first-order chi connectivity index (χ1) is 16.6. The molecule has 34 heavy (non-hydrogen) atoms. The Morgan fingerprint density at radius 1 is 0.971 bits per heavy atom. The third-order valence-electron chi connectivity index (χ3n) is 6.91. The maximum atomic E-state index is 13.2. The Labute approximate surface area is 199 Å². The van der Waals surface area contributed by atoms with Gasteiger partial charge in [-0.2, -0.15) is 0 Å². The third-order valence-corrected chi connectivity index (χ3v) is 6.91. The number of nitrogens with one attached hydrogen (secondary N) is 1. The van der Waals surface area contributed by atoms with E-state index in [4.69, 9.17) is 4.74 Å². The summed E-state index contributed by atoms with van der Waals surface area (Å²) in [6, 6.07) is 17.4. The molecular weight excluding hydrogens is 428 g/mol. The van der Waals surface area contributed by atoms with Crippen LogP contribution in [0, 0.1) is 5.92 Å². The van der Waals surface area contributed by atoms with Gasteiger partial charge in [-0.3, -0.25) is 9.59 Å². The van der Waals surface area contributed by atoms with E-state index in [9.17, 15) is 9.59 Å². The van der Waals surface area contributed by atoms with Gasteiger partial charge in [-0.25, -0.2) is 4.98 Å². The van der Waals surface area contributed by atoms with Gasteiger partial charge in [0.25, 0.3) is 5.91 Å². The Balaban J connectivity index is 1.20. The molecule has 5 rings (SSSR count). The second-order valence-electron chi connectivity index (χ2n) is 9.02. The number of nitrogens with zero attached hydrogens (tertiary/aromatic N) is 3. The molecule has 7 nitrogen and oxygen atoms in total. The highest BCUT2D eigenvalue weighted by molar-refractivity contribution is 5.97. The molecule has 7 heteroatoms. The van der Waals surface area contributed by atoms with E-state index >= 15 is 0 Å². The number of carbonyl (C=O) groups excluding carboxylic acids is 2. The van der Waals surface area contributed by atoms with Crippen LogP contribution in [0.5, 0.6) is 5.75 Å². The van der Waals surface area contributed by atoms with Crippen molar-refractivity contribution >= 4 is 34.1 Å². The van der Waals surface area contributed by atoms with E-state index in [1.54, 1.807) is 13.2 Å². The summed E-state index contributed by atoms with van der Waals surface area (Å²) in [6.07, 6.45) is 4.29. The van der Waals surface area contributed by atoms with Gasteiger partial charge in [0.15, 0.2) is 0 Å². The number of pyridine rings is 1. The molecule has 2 fully saturated rings. The molecule has 2 heterocycles. The first-order valence-corrected chi connectivity index (χ1v) is 12.0. The van der Waals surface area contributed by atoms with Crippen LogP contribution in [0.2, 0.25) is 0 Å². The predicted octanol–water partition coefficient (Wildman–Crippen LogP) is 4.33. The molecule has 176 valence electrons. The predicted molar refractivity (Wildman–Crippen MR) is 133 cm³/mol. The molecule has 2 amide bonds. The van der Waals surface area contributed by atoms with Crippen molar-refractivity contribution in [2.75, 3.05) is 43.5 Å². The number of methoxy groups -OCH3 is 1. The first-order valence-electron chi connectivity index (χ1n) is 12.0. The second-order valence-corrected chi connectivity index (χ2v) is 9.02. The Hall–Kier alpha value is -3.61. The minimum atomic E-state index is -0.0753. The van der Waals surface area contributed by atoms with Crippen LogP contribution in [0.3, 0.4) is 0 Å². The zero-order chi connectivity index (χ0) is 23.5. The van der Waals surface area contributed by atoms with E-state index < -0.39 is 0 Å². The SMILES string of the molecule is COc1cc(C(=O)N2CCN(c3ccc(NC(=O)C4CCCC4)cc3)CC2)nc2ccccc12. The van der Waals surface area contributed by atoms with Crippen molar-refractivity contribution in [1.29, 1.82) is 0 Å². The normalized spacial score (nSPS) is 16.6. The maximum absolute atomic E-state index is 13.2. The van der Waals surface area contributed by atoms with E-state index in [0.29, 0.717) is 24.5 Å². The number of aromatic nitrogens is 1. The molecule has 1 saturated carbocycles. The number of fused-ring (bicyclic) bond motifs is 1. The number of para-hydroxylation sites is 1. The van der Waals surface area contributed by atoms with Gasteiger partial charge in [-0.15, -0.1) is 0 Å². The molecule has 1 N–H and O–H groups in total. The molecule has 1 aliphatic heterocycles. The van der Waals surface area contributed by atoms with Gasteiger partial charge in [0.2, 0.25) is 5.91 Å². The van der Waals surface area contributed by atoms with E-state index in [0.717, 1.165) is 61.1 Å². The summed E-state index contributed by atoms with van der Waals surface area (Å²) >= 11 is 0. The molecule has 1 aromatic heterocycles. The van der Waals surface area contributed by atoms with Crippen LogP contribution in [0.1, 0.15) is 36.2 Å². The van der Waals surface area contributed by atoms with E-state index in [-0.39, 0.29) is 17.7 Å². The van der Waals surface area contributed by atoms with Gasteiger partial charge < -0.3 is 19.9 Å². The summed E-state index contributed by atoms with van der Waals surface area (Å²) < 4.78 is 5.50. The Morgan fingerprint density at radius 3 is 2.38 bits per heavy atom.